The average Bonchev–Trinajstić information content (AvgIpc) is 3.14. The first kappa shape index (κ1) is 22.4. The number of rotatable bonds is 11. The lowest BCUT2D eigenvalue weighted by molar-refractivity contribution is 0.309. The van der Waals surface area contributed by atoms with Crippen LogP contribution in [-0.2, 0) is 12.2 Å². The molecule has 0 aliphatic rings. The van der Waals surface area contributed by atoms with Gasteiger partial charge in [-0.25, -0.2) is 0 Å². The summed E-state index contributed by atoms with van der Waals surface area (Å²) in [5.41, 5.74) is 2.12. The highest BCUT2D eigenvalue weighted by molar-refractivity contribution is 7.98. The van der Waals surface area contributed by atoms with Gasteiger partial charge >= 0.3 is 0 Å². The summed E-state index contributed by atoms with van der Waals surface area (Å²) in [7, 11) is 0. The second-order valence-corrected chi connectivity index (χ2v) is 8.24. The number of aromatic nitrogens is 3. The Morgan fingerprint density at radius 1 is 1.07 bits per heavy atom. The maximum atomic E-state index is 5.98. The average molecular weight is 443 g/mol. The summed E-state index contributed by atoms with van der Waals surface area (Å²) in [6, 6.07) is 15.8. The third kappa shape index (κ3) is 6.34. The van der Waals surface area contributed by atoms with E-state index in [0.717, 1.165) is 58.8 Å². The highest BCUT2D eigenvalue weighted by Gasteiger charge is 2.12. The first-order valence-corrected chi connectivity index (χ1v) is 11.6. The largest absolute Gasteiger partial charge is 0.493 e. The van der Waals surface area contributed by atoms with E-state index in [-0.39, 0.29) is 0 Å². The second kappa shape index (κ2) is 11.8. The number of thioether (sulfide) groups is 1. The SMILES string of the molecule is CCCCOc1ccccc1/C=N\n1c(CCC)nnc1SCc1ccc(Cl)cc1. The van der Waals surface area contributed by atoms with Gasteiger partial charge in [0.15, 0.2) is 5.82 Å². The summed E-state index contributed by atoms with van der Waals surface area (Å²) in [5.74, 6) is 2.47. The molecule has 0 radical (unpaired) electrons. The first-order valence-electron chi connectivity index (χ1n) is 10.3. The zero-order valence-corrected chi connectivity index (χ0v) is 19.0. The van der Waals surface area contributed by atoms with Gasteiger partial charge in [0.2, 0.25) is 5.16 Å². The summed E-state index contributed by atoms with van der Waals surface area (Å²) < 4.78 is 7.76. The number of aryl methyl sites for hydroxylation is 1. The highest BCUT2D eigenvalue weighted by Crippen LogP contribution is 2.24. The van der Waals surface area contributed by atoms with Gasteiger partial charge < -0.3 is 4.74 Å². The predicted molar refractivity (Wildman–Crippen MR) is 125 cm³/mol. The molecule has 0 fully saturated rings. The van der Waals surface area contributed by atoms with Crippen LogP contribution < -0.4 is 4.74 Å². The molecule has 30 heavy (non-hydrogen) atoms. The Kier molecular flexibility index (Phi) is 8.78. The molecule has 0 amide bonds. The Hall–Kier alpha value is -2.31. The smallest absolute Gasteiger partial charge is 0.212 e. The molecule has 0 unspecified atom stereocenters. The Morgan fingerprint density at radius 2 is 1.87 bits per heavy atom. The monoisotopic (exact) mass is 442 g/mol. The van der Waals surface area contributed by atoms with Gasteiger partial charge in [-0.05, 0) is 42.7 Å². The third-order valence-corrected chi connectivity index (χ3v) is 5.66. The summed E-state index contributed by atoms with van der Waals surface area (Å²) in [6.07, 6.45) is 5.76. The Balaban J connectivity index is 1.78. The Bertz CT molecular complexity index is 956. The van der Waals surface area contributed by atoms with E-state index in [2.05, 4.69) is 24.0 Å². The molecule has 1 aromatic heterocycles. The molecule has 0 aliphatic carbocycles. The van der Waals surface area contributed by atoms with Crippen LogP contribution in [0.5, 0.6) is 5.75 Å². The van der Waals surface area contributed by atoms with E-state index in [1.165, 1.54) is 5.56 Å². The fourth-order valence-electron chi connectivity index (χ4n) is 2.77. The second-order valence-electron chi connectivity index (χ2n) is 6.86. The van der Waals surface area contributed by atoms with Crippen molar-refractivity contribution in [2.24, 2.45) is 5.10 Å². The van der Waals surface area contributed by atoms with Crippen LogP contribution in [0.15, 0.2) is 58.8 Å². The number of para-hydroxylation sites is 1. The van der Waals surface area contributed by atoms with Crippen LogP contribution in [0.2, 0.25) is 5.02 Å². The molecule has 3 aromatic rings. The van der Waals surface area contributed by atoms with E-state index in [1.807, 2.05) is 59.4 Å². The minimum Gasteiger partial charge on any atom is -0.493 e. The number of hydrogen-bond acceptors (Lipinski definition) is 5. The van der Waals surface area contributed by atoms with E-state index < -0.39 is 0 Å². The zero-order valence-electron chi connectivity index (χ0n) is 17.4. The van der Waals surface area contributed by atoms with Gasteiger partial charge in [0, 0.05) is 22.8 Å². The minimum atomic E-state index is 0.706. The highest BCUT2D eigenvalue weighted by atomic mass is 35.5. The molecule has 0 saturated carbocycles. The number of halogens is 1. The molecule has 0 aliphatic heterocycles. The molecule has 0 atom stereocenters. The summed E-state index contributed by atoms with van der Waals surface area (Å²) in [5, 5.41) is 14.9. The van der Waals surface area contributed by atoms with Gasteiger partial charge in [-0.1, -0.05) is 67.9 Å². The van der Waals surface area contributed by atoms with Crippen molar-refractivity contribution in [1.29, 1.82) is 0 Å². The van der Waals surface area contributed by atoms with E-state index in [9.17, 15) is 0 Å². The first-order chi connectivity index (χ1) is 14.7. The molecule has 3 rings (SSSR count). The fourth-order valence-corrected chi connectivity index (χ4v) is 3.76. The number of ether oxygens (including phenoxy) is 1. The maximum absolute atomic E-state index is 5.98. The van der Waals surface area contributed by atoms with Gasteiger partial charge in [-0.15, -0.1) is 10.2 Å². The van der Waals surface area contributed by atoms with Crippen molar-refractivity contribution in [3.8, 4) is 5.75 Å². The molecular weight excluding hydrogens is 416 g/mol. The summed E-state index contributed by atoms with van der Waals surface area (Å²) in [6.45, 7) is 4.98. The van der Waals surface area contributed by atoms with Crippen LogP contribution in [0.1, 0.15) is 50.1 Å². The van der Waals surface area contributed by atoms with E-state index in [4.69, 9.17) is 21.4 Å². The van der Waals surface area contributed by atoms with E-state index >= 15 is 0 Å². The summed E-state index contributed by atoms with van der Waals surface area (Å²) >= 11 is 7.59. The molecule has 0 bridgehead atoms. The standard InChI is InChI=1S/C23H27ClN4OS/c1-3-5-15-29-21-10-7-6-9-19(21)16-25-28-22(8-4-2)26-27-23(28)30-17-18-11-13-20(24)14-12-18/h6-7,9-14,16H,3-5,8,15,17H2,1-2H3/b25-16-. The van der Waals surface area contributed by atoms with Crippen molar-refractivity contribution < 1.29 is 4.74 Å². The third-order valence-electron chi connectivity index (χ3n) is 4.42. The molecule has 1 heterocycles. The normalized spacial score (nSPS) is 11.3. The van der Waals surface area contributed by atoms with Gasteiger partial charge in [-0.3, -0.25) is 0 Å². The maximum Gasteiger partial charge on any atom is 0.212 e. The van der Waals surface area contributed by atoms with Crippen molar-refractivity contribution in [2.75, 3.05) is 6.61 Å². The fraction of sp³-hybridized carbons (Fsp3) is 0.348. The molecule has 0 N–H and O–H groups in total. The van der Waals surface area contributed by atoms with Crippen LogP contribution in [-0.4, -0.2) is 27.7 Å². The van der Waals surface area contributed by atoms with Crippen LogP contribution >= 0.6 is 23.4 Å². The van der Waals surface area contributed by atoms with Gasteiger partial charge in [0.1, 0.15) is 5.75 Å². The molecule has 0 spiro atoms. The molecule has 7 heteroatoms. The molecular formula is C23H27ClN4OS. The number of unbranched alkanes of at least 4 members (excludes halogenated alkanes) is 1. The van der Waals surface area contributed by atoms with Crippen LogP contribution in [0.4, 0.5) is 0 Å². The lowest BCUT2D eigenvalue weighted by atomic mass is 10.2. The lowest BCUT2D eigenvalue weighted by Crippen LogP contribution is -2.02. The Morgan fingerprint density at radius 3 is 2.63 bits per heavy atom. The van der Waals surface area contributed by atoms with Crippen LogP contribution in [0.25, 0.3) is 0 Å². The molecule has 0 saturated heterocycles. The zero-order chi connectivity index (χ0) is 21.2. The quantitative estimate of drug-likeness (QED) is 0.200. The van der Waals surface area contributed by atoms with Crippen molar-refractivity contribution in [1.82, 2.24) is 14.9 Å². The Labute approximate surface area is 187 Å². The molecule has 158 valence electrons. The number of hydrogen-bond donors (Lipinski definition) is 0. The van der Waals surface area contributed by atoms with Crippen LogP contribution in [0.3, 0.4) is 0 Å². The van der Waals surface area contributed by atoms with Gasteiger partial charge in [0.25, 0.3) is 0 Å². The van der Waals surface area contributed by atoms with Gasteiger partial charge in [0.05, 0.1) is 12.8 Å². The van der Waals surface area contributed by atoms with Crippen molar-refractivity contribution in [3.63, 3.8) is 0 Å². The summed E-state index contributed by atoms with van der Waals surface area (Å²) in [4.78, 5) is 0. The topological polar surface area (TPSA) is 52.3 Å². The lowest BCUT2D eigenvalue weighted by Gasteiger charge is -2.08. The molecule has 5 nitrogen and oxygen atoms in total. The number of benzene rings is 2. The van der Waals surface area contributed by atoms with Gasteiger partial charge in [-0.2, -0.15) is 9.78 Å². The number of nitrogens with zero attached hydrogens (tertiary/aromatic N) is 4. The van der Waals surface area contributed by atoms with Crippen molar-refractivity contribution in [3.05, 3.63) is 70.5 Å². The van der Waals surface area contributed by atoms with E-state index in [1.54, 1.807) is 11.8 Å². The van der Waals surface area contributed by atoms with Crippen molar-refractivity contribution in [2.45, 2.75) is 50.4 Å². The van der Waals surface area contributed by atoms with Crippen molar-refractivity contribution >= 4 is 29.6 Å². The predicted octanol–water partition coefficient (Wildman–Crippen LogP) is 6.24. The minimum absolute atomic E-state index is 0.706. The van der Waals surface area contributed by atoms with Crippen LogP contribution in [0, 0.1) is 0 Å². The molecule has 2 aromatic carbocycles. The van der Waals surface area contributed by atoms with E-state index in [0.29, 0.717) is 6.61 Å².